The van der Waals surface area contributed by atoms with E-state index < -0.39 is 0 Å². The summed E-state index contributed by atoms with van der Waals surface area (Å²) in [7, 11) is 0. The SMILES string of the molecule is Cc1cccc(NC(=O)c2ccc3c(c2)CNC3)n1. The van der Waals surface area contributed by atoms with Gasteiger partial charge in [-0.05, 0) is 42.3 Å². The molecule has 4 nitrogen and oxygen atoms in total. The molecule has 1 aromatic carbocycles. The number of carbonyl (C=O) groups excluding carboxylic acids is 1. The van der Waals surface area contributed by atoms with E-state index in [4.69, 9.17) is 0 Å². The Bertz CT molecular complexity index is 637. The van der Waals surface area contributed by atoms with Crippen LogP contribution in [0.3, 0.4) is 0 Å². The minimum absolute atomic E-state index is 0.118. The Labute approximate surface area is 111 Å². The van der Waals surface area contributed by atoms with E-state index in [1.165, 1.54) is 11.1 Å². The van der Waals surface area contributed by atoms with Crippen molar-refractivity contribution in [2.24, 2.45) is 0 Å². The van der Waals surface area contributed by atoms with Crippen molar-refractivity contribution in [2.45, 2.75) is 20.0 Å². The number of benzene rings is 1. The van der Waals surface area contributed by atoms with Crippen molar-refractivity contribution in [3.05, 3.63) is 58.8 Å². The molecule has 1 amide bonds. The monoisotopic (exact) mass is 253 g/mol. The summed E-state index contributed by atoms with van der Waals surface area (Å²) in [5.41, 5.74) is 4.02. The van der Waals surface area contributed by atoms with E-state index in [-0.39, 0.29) is 5.91 Å². The standard InChI is InChI=1S/C15H15N3O/c1-10-3-2-4-14(17-10)18-15(19)11-5-6-12-8-16-9-13(12)7-11/h2-7,16H,8-9H2,1H3,(H,17,18,19). The van der Waals surface area contributed by atoms with Crippen molar-refractivity contribution in [3.63, 3.8) is 0 Å². The molecule has 0 radical (unpaired) electrons. The van der Waals surface area contributed by atoms with Crippen molar-refractivity contribution in [1.82, 2.24) is 10.3 Å². The van der Waals surface area contributed by atoms with Crippen molar-refractivity contribution in [1.29, 1.82) is 0 Å². The van der Waals surface area contributed by atoms with Crippen LogP contribution in [-0.4, -0.2) is 10.9 Å². The first-order valence-corrected chi connectivity index (χ1v) is 6.30. The molecule has 0 saturated heterocycles. The molecule has 0 fully saturated rings. The van der Waals surface area contributed by atoms with Gasteiger partial charge in [0.15, 0.2) is 0 Å². The van der Waals surface area contributed by atoms with Gasteiger partial charge in [-0.3, -0.25) is 4.79 Å². The van der Waals surface area contributed by atoms with E-state index >= 15 is 0 Å². The number of hydrogen-bond acceptors (Lipinski definition) is 3. The molecule has 0 aliphatic carbocycles. The smallest absolute Gasteiger partial charge is 0.256 e. The van der Waals surface area contributed by atoms with Gasteiger partial charge in [0.1, 0.15) is 5.82 Å². The summed E-state index contributed by atoms with van der Waals surface area (Å²) in [6.45, 7) is 3.62. The molecular formula is C15H15N3O. The summed E-state index contributed by atoms with van der Waals surface area (Å²) in [4.78, 5) is 16.4. The van der Waals surface area contributed by atoms with Gasteiger partial charge in [-0.2, -0.15) is 0 Å². The predicted molar refractivity (Wildman–Crippen MR) is 73.9 cm³/mol. The molecule has 19 heavy (non-hydrogen) atoms. The second kappa shape index (κ2) is 4.82. The fourth-order valence-electron chi connectivity index (χ4n) is 2.24. The van der Waals surface area contributed by atoms with Gasteiger partial charge in [0, 0.05) is 24.3 Å². The van der Waals surface area contributed by atoms with E-state index in [1.807, 2.05) is 37.3 Å². The second-order valence-corrected chi connectivity index (χ2v) is 4.71. The molecule has 2 aromatic rings. The summed E-state index contributed by atoms with van der Waals surface area (Å²) in [5, 5.41) is 6.09. The lowest BCUT2D eigenvalue weighted by Crippen LogP contribution is -2.13. The molecule has 3 rings (SSSR count). The van der Waals surface area contributed by atoms with Crippen molar-refractivity contribution in [2.75, 3.05) is 5.32 Å². The number of aromatic nitrogens is 1. The Hall–Kier alpha value is -2.20. The van der Waals surface area contributed by atoms with Crippen molar-refractivity contribution >= 4 is 11.7 Å². The maximum Gasteiger partial charge on any atom is 0.256 e. The summed E-state index contributed by atoms with van der Waals surface area (Å²) in [5.74, 6) is 0.469. The normalized spacial score (nSPS) is 13.1. The first-order valence-electron chi connectivity index (χ1n) is 6.30. The third-order valence-corrected chi connectivity index (χ3v) is 3.23. The Balaban J connectivity index is 1.81. The second-order valence-electron chi connectivity index (χ2n) is 4.71. The minimum Gasteiger partial charge on any atom is -0.309 e. The minimum atomic E-state index is -0.118. The number of nitrogens with one attached hydrogen (secondary N) is 2. The number of hydrogen-bond donors (Lipinski definition) is 2. The highest BCUT2D eigenvalue weighted by molar-refractivity contribution is 6.03. The maximum atomic E-state index is 12.2. The summed E-state index contributed by atoms with van der Waals surface area (Å²) in [6.07, 6.45) is 0. The van der Waals surface area contributed by atoms with E-state index in [2.05, 4.69) is 15.6 Å². The van der Waals surface area contributed by atoms with E-state index in [9.17, 15) is 4.79 Å². The van der Waals surface area contributed by atoms with Gasteiger partial charge in [-0.15, -0.1) is 0 Å². The van der Waals surface area contributed by atoms with Crippen LogP contribution in [0.5, 0.6) is 0 Å². The number of nitrogens with zero attached hydrogens (tertiary/aromatic N) is 1. The van der Waals surface area contributed by atoms with Gasteiger partial charge in [0.05, 0.1) is 0 Å². The van der Waals surface area contributed by atoms with E-state index in [0.717, 1.165) is 18.8 Å². The summed E-state index contributed by atoms with van der Waals surface area (Å²) >= 11 is 0. The quantitative estimate of drug-likeness (QED) is 0.863. The Kier molecular flexibility index (Phi) is 3.01. The molecule has 1 aromatic heterocycles. The highest BCUT2D eigenvalue weighted by atomic mass is 16.1. The Morgan fingerprint density at radius 3 is 2.89 bits per heavy atom. The van der Waals surface area contributed by atoms with Crippen molar-refractivity contribution < 1.29 is 4.79 Å². The van der Waals surface area contributed by atoms with Gasteiger partial charge in [0.2, 0.25) is 0 Å². The lowest BCUT2D eigenvalue weighted by Gasteiger charge is -2.06. The van der Waals surface area contributed by atoms with Crippen LogP contribution in [0, 0.1) is 6.92 Å². The number of amides is 1. The molecule has 1 aliphatic rings. The maximum absolute atomic E-state index is 12.2. The van der Waals surface area contributed by atoms with E-state index in [1.54, 1.807) is 6.07 Å². The molecule has 0 atom stereocenters. The zero-order valence-electron chi connectivity index (χ0n) is 10.7. The molecule has 1 aliphatic heterocycles. The largest absolute Gasteiger partial charge is 0.309 e. The zero-order chi connectivity index (χ0) is 13.2. The van der Waals surface area contributed by atoms with Crippen LogP contribution >= 0.6 is 0 Å². The van der Waals surface area contributed by atoms with E-state index in [0.29, 0.717) is 11.4 Å². The van der Waals surface area contributed by atoms with Crippen LogP contribution in [0.4, 0.5) is 5.82 Å². The molecule has 96 valence electrons. The lowest BCUT2D eigenvalue weighted by atomic mass is 10.1. The predicted octanol–water partition coefficient (Wildman–Crippen LogP) is 2.25. The average molecular weight is 253 g/mol. The van der Waals surface area contributed by atoms with Gasteiger partial charge in [0.25, 0.3) is 5.91 Å². The number of carbonyl (C=O) groups is 1. The van der Waals surface area contributed by atoms with Gasteiger partial charge in [-0.1, -0.05) is 12.1 Å². The van der Waals surface area contributed by atoms with Crippen LogP contribution in [-0.2, 0) is 13.1 Å². The van der Waals surface area contributed by atoms with Gasteiger partial charge in [-0.25, -0.2) is 4.98 Å². The molecular weight excluding hydrogens is 238 g/mol. The topological polar surface area (TPSA) is 54.0 Å². The number of rotatable bonds is 2. The lowest BCUT2D eigenvalue weighted by molar-refractivity contribution is 0.102. The summed E-state index contributed by atoms with van der Waals surface area (Å²) in [6, 6.07) is 11.4. The first-order chi connectivity index (χ1) is 9.22. The highest BCUT2D eigenvalue weighted by Crippen LogP contribution is 2.17. The van der Waals surface area contributed by atoms with Crippen LogP contribution in [0.2, 0.25) is 0 Å². The fraction of sp³-hybridized carbons (Fsp3) is 0.200. The Morgan fingerprint density at radius 1 is 1.21 bits per heavy atom. The third-order valence-electron chi connectivity index (χ3n) is 3.23. The zero-order valence-corrected chi connectivity index (χ0v) is 10.7. The molecule has 0 unspecified atom stereocenters. The van der Waals surface area contributed by atoms with Crippen LogP contribution in [0.25, 0.3) is 0 Å². The van der Waals surface area contributed by atoms with Crippen LogP contribution in [0.1, 0.15) is 27.2 Å². The molecule has 2 heterocycles. The van der Waals surface area contributed by atoms with Crippen molar-refractivity contribution in [3.8, 4) is 0 Å². The number of anilines is 1. The molecule has 4 heteroatoms. The highest BCUT2D eigenvalue weighted by Gasteiger charge is 2.13. The van der Waals surface area contributed by atoms with Gasteiger partial charge >= 0.3 is 0 Å². The number of pyridine rings is 1. The molecule has 2 N–H and O–H groups in total. The molecule has 0 saturated carbocycles. The fourth-order valence-corrected chi connectivity index (χ4v) is 2.24. The molecule has 0 bridgehead atoms. The number of aryl methyl sites for hydroxylation is 1. The summed E-state index contributed by atoms with van der Waals surface area (Å²) < 4.78 is 0. The Morgan fingerprint density at radius 2 is 2.05 bits per heavy atom. The number of fused-ring (bicyclic) bond motifs is 1. The first kappa shape index (κ1) is 11.9. The average Bonchev–Trinajstić information content (AvgIpc) is 2.85. The molecule has 0 spiro atoms. The van der Waals surface area contributed by atoms with Gasteiger partial charge < -0.3 is 10.6 Å². The van der Waals surface area contributed by atoms with Crippen LogP contribution in [0.15, 0.2) is 36.4 Å². The third kappa shape index (κ3) is 2.48. The van der Waals surface area contributed by atoms with Crippen LogP contribution < -0.4 is 10.6 Å².